The van der Waals surface area contributed by atoms with E-state index in [0.717, 1.165) is 5.69 Å². The Morgan fingerprint density at radius 3 is 2.46 bits per heavy atom. The Morgan fingerprint density at radius 2 is 1.81 bits per heavy atom. The third-order valence-corrected chi connectivity index (χ3v) is 6.52. The number of benzene rings is 3. The van der Waals surface area contributed by atoms with Crippen LogP contribution in [0.2, 0.25) is 0 Å². The van der Waals surface area contributed by atoms with Crippen LogP contribution in [0, 0.1) is 12.7 Å². The van der Waals surface area contributed by atoms with Crippen molar-refractivity contribution in [2.45, 2.75) is 13.0 Å². The number of aliphatic hydroxyl groups is 1. The van der Waals surface area contributed by atoms with Crippen LogP contribution in [-0.2, 0) is 9.59 Å². The first-order valence-electron chi connectivity index (χ1n) is 11.6. The number of aromatic amines is 1. The molecular formula is C28H25FN4O4. The van der Waals surface area contributed by atoms with Gasteiger partial charge in [-0.2, -0.15) is 0 Å². The summed E-state index contributed by atoms with van der Waals surface area (Å²) in [6.07, 6.45) is 0. The molecule has 188 valence electrons. The van der Waals surface area contributed by atoms with Crippen molar-refractivity contribution in [3.05, 3.63) is 88.7 Å². The number of aromatic nitrogens is 2. The van der Waals surface area contributed by atoms with Crippen molar-refractivity contribution in [1.82, 2.24) is 9.97 Å². The van der Waals surface area contributed by atoms with Crippen molar-refractivity contribution in [2.75, 3.05) is 31.0 Å². The van der Waals surface area contributed by atoms with Gasteiger partial charge in [0.15, 0.2) is 0 Å². The number of ether oxygens (including phenoxy) is 1. The first-order chi connectivity index (χ1) is 17.7. The van der Waals surface area contributed by atoms with E-state index in [0.29, 0.717) is 33.5 Å². The van der Waals surface area contributed by atoms with Crippen LogP contribution < -0.4 is 14.5 Å². The van der Waals surface area contributed by atoms with E-state index in [4.69, 9.17) is 4.74 Å². The van der Waals surface area contributed by atoms with E-state index >= 15 is 0 Å². The fourth-order valence-corrected chi connectivity index (χ4v) is 4.58. The predicted molar refractivity (Wildman–Crippen MR) is 139 cm³/mol. The van der Waals surface area contributed by atoms with Crippen LogP contribution in [0.4, 0.5) is 16.0 Å². The second-order valence-electron chi connectivity index (χ2n) is 9.06. The van der Waals surface area contributed by atoms with Crippen LogP contribution >= 0.6 is 0 Å². The molecule has 1 aliphatic rings. The third-order valence-electron chi connectivity index (χ3n) is 6.52. The van der Waals surface area contributed by atoms with Gasteiger partial charge in [-0.15, -0.1) is 0 Å². The summed E-state index contributed by atoms with van der Waals surface area (Å²) in [7, 11) is 5.35. The highest BCUT2D eigenvalue weighted by Crippen LogP contribution is 2.42. The molecule has 1 fully saturated rings. The van der Waals surface area contributed by atoms with Gasteiger partial charge in [0.1, 0.15) is 17.3 Å². The van der Waals surface area contributed by atoms with Gasteiger partial charge in [-0.25, -0.2) is 9.37 Å². The molecule has 1 atom stereocenters. The van der Waals surface area contributed by atoms with Crippen molar-refractivity contribution in [3.63, 3.8) is 0 Å². The number of rotatable bonds is 5. The molecule has 0 aliphatic carbocycles. The number of nitrogens with one attached hydrogen (secondary N) is 1. The van der Waals surface area contributed by atoms with Gasteiger partial charge in [0.2, 0.25) is 5.95 Å². The molecule has 3 aromatic carbocycles. The lowest BCUT2D eigenvalue weighted by molar-refractivity contribution is -0.132. The van der Waals surface area contributed by atoms with Crippen LogP contribution in [0.15, 0.2) is 66.2 Å². The molecular weight excluding hydrogens is 475 g/mol. The number of aryl methyl sites for hydroxylation is 1. The molecule has 0 spiro atoms. The molecule has 0 bridgehead atoms. The number of hydrogen-bond acceptors (Lipinski definition) is 6. The molecule has 1 amide bonds. The number of halogens is 1. The minimum Gasteiger partial charge on any atom is -0.507 e. The number of anilines is 2. The molecule has 0 saturated carbocycles. The number of methoxy groups -OCH3 is 1. The molecule has 1 unspecified atom stereocenters. The van der Waals surface area contributed by atoms with E-state index in [1.165, 1.54) is 30.2 Å². The van der Waals surface area contributed by atoms with Crippen molar-refractivity contribution < 1.29 is 23.8 Å². The zero-order valence-electron chi connectivity index (χ0n) is 20.7. The smallest absolute Gasteiger partial charge is 0.302 e. The zero-order chi connectivity index (χ0) is 26.4. The Bertz CT molecular complexity index is 1570. The second kappa shape index (κ2) is 9.09. The molecule has 4 aromatic rings. The second-order valence-corrected chi connectivity index (χ2v) is 9.06. The minimum atomic E-state index is -0.969. The van der Waals surface area contributed by atoms with Crippen LogP contribution in [0.1, 0.15) is 22.7 Å². The number of carbonyl (C=O) groups is 2. The topological polar surface area (TPSA) is 98.8 Å². The maximum Gasteiger partial charge on any atom is 0.302 e. The van der Waals surface area contributed by atoms with Crippen molar-refractivity contribution >= 4 is 40.1 Å². The fraction of sp³-hybridized carbons (Fsp3) is 0.179. The summed E-state index contributed by atoms with van der Waals surface area (Å²) >= 11 is 0. The average Bonchev–Trinajstić information content (AvgIpc) is 3.41. The van der Waals surface area contributed by atoms with E-state index in [1.54, 1.807) is 37.3 Å². The number of H-pyrrole nitrogens is 1. The summed E-state index contributed by atoms with van der Waals surface area (Å²) in [4.78, 5) is 37.4. The average molecular weight is 501 g/mol. The standard InChI is InChI=1S/C28H25FN4O4/c1-15-13-19(37-4)10-11-20(15)25(34)23-24(16-5-8-18(9-6-16)32(2)3)33(27(36)26(23)35)28-30-21-12-7-17(29)14-22(21)31-28/h5-14,24,34H,1-4H3,(H,30,31)/b25-23+. The number of aliphatic hydroxyl groups excluding tert-OH is 1. The van der Waals surface area contributed by atoms with Crippen LogP contribution in [0.25, 0.3) is 16.8 Å². The summed E-state index contributed by atoms with van der Waals surface area (Å²) in [6.45, 7) is 1.78. The number of ketones is 1. The number of hydrogen-bond donors (Lipinski definition) is 2. The first-order valence-corrected chi connectivity index (χ1v) is 11.6. The molecule has 1 aliphatic heterocycles. The normalized spacial score (nSPS) is 17.0. The van der Waals surface area contributed by atoms with E-state index in [1.807, 2.05) is 31.1 Å². The summed E-state index contributed by atoms with van der Waals surface area (Å²) in [6, 6.07) is 15.4. The number of imidazole rings is 1. The molecule has 1 aromatic heterocycles. The van der Waals surface area contributed by atoms with Crippen molar-refractivity contribution in [2.24, 2.45) is 0 Å². The lowest BCUT2D eigenvalue weighted by atomic mass is 9.93. The highest BCUT2D eigenvalue weighted by atomic mass is 19.1. The Labute approximate surface area is 212 Å². The lowest BCUT2D eigenvalue weighted by Gasteiger charge is -2.24. The number of Topliss-reactive ketones (excluding diaryl/α,β-unsaturated/α-hetero) is 1. The van der Waals surface area contributed by atoms with Gasteiger partial charge in [0.05, 0.1) is 29.8 Å². The van der Waals surface area contributed by atoms with Crippen LogP contribution in [-0.4, -0.2) is 48.0 Å². The highest BCUT2D eigenvalue weighted by Gasteiger charge is 2.48. The summed E-state index contributed by atoms with van der Waals surface area (Å²) in [5.74, 6) is -1.79. The Kier molecular flexibility index (Phi) is 5.91. The number of carbonyl (C=O) groups excluding carboxylic acids is 2. The van der Waals surface area contributed by atoms with Gasteiger partial charge in [-0.3, -0.25) is 14.5 Å². The highest BCUT2D eigenvalue weighted by molar-refractivity contribution is 6.51. The van der Waals surface area contributed by atoms with Gasteiger partial charge in [0, 0.05) is 25.3 Å². The molecule has 9 heteroatoms. The fourth-order valence-electron chi connectivity index (χ4n) is 4.58. The van der Waals surface area contributed by atoms with E-state index < -0.39 is 23.5 Å². The Hall–Kier alpha value is -4.66. The largest absolute Gasteiger partial charge is 0.507 e. The quantitative estimate of drug-likeness (QED) is 0.234. The van der Waals surface area contributed by atoms with Crippen LogP contribution in [0.3, 0.4) is 0 Å². The summed E-state index contributed by atoms with van der Waals surface area (Å²) < 4.78 is 19.1. The monoisotopic (exact) mass is 500 g/mol. The van der Waals surface area contributed by atoms with Gasteiger partial charge >= 0.3 is 5.91 Å². The lowest BCUT2D eigenvalue weighted by Crippen LogP contribution is -2.30. The number of nitrogens with zero attached hydrogens (tertiary/aromatic N) is 3. The Morgan fingerprint density at radius 1 is 1.08 bits per heavy atom. The number of amides is 1. The molecule has 0 radical (unpaired) electrons. The molecule has 37 heavy (non-hydrogen) atoms. The minimum absolute atomic E-state index is 0.0671. The van der Waals surface area contributed by atoms with Crippen LogP contribution in [0.5, 0.6) is 5.75 Å². The molecule has 2 heterocycles. The summed E-state index contributed by atoms with van der Waals surface area (Å²) in [5, 5.41) is 11.4. The van der Waals surface area contributed by atoms with Gasteiger partial charge < -0.3 is 19.7 Å². The molecule has 8 nitrogen and oxygen atoms in total. The zero-order valence-corrected chi connectivity index (χ0v) is 20.7. The first kappa shape index (κ1) is 24.1. The van der Waals surface area contributed by atoms with Gasteiger partial charge in [-0.05, 0) is 66.6 Å². The summed E-state index contributed by atoms with van der Waals surface area (Å²) in [5.41, 5.74) is 3.34. The third kappa shape index (κ3) is 4.08. The number of fused-ring (bicyclic) bond motifs is 1. The van der Waals surface area contributed by atoms with E-state index in [9.17, 15) is 19.1 Å². The molecule has 5 rings (SSSR count). The SMILES string of the molecule is COc1ccc(/C(O)=C2\C(=O)C(=O)N(c3nc4ccc(F)cc4[nH]3)C2c2ccc(N(C)C)cc2)c(C)c1. The molecule has 1 saturated heterocycles. The van der Waals surface area contributed by atoms with Crippen molar-refractivity contribution in [1.29, 1.82) is 0 Å². The maximum atomic E-state index is 13.8. The van der Waals surface area contributed by atoms with E-state index in [2.05, 4.69) is 9.97 Å². The van der Waals surface area contributed by atoms with Gasteiger partial charge in [-0.1, -0.05) is 12.1 Å². The predicted octanol–water partition coefficient (Wildman–Crippen LogP) is 4.71. The molecule has 2 N–H and O–H groups in total. The van der Waals surface area contributed by atoms with Gasteiger partial charge in [0.25, 0.3) is 5.78 Å². The maximum absolute atomic E-state index is 13.8. The van der Waals surface area contributed by atoms with Crippen molar-refractivity contribution in [3.8, 4) is 5.75 Å². The Balaban J connectivity index is 1.72. The van der Waals surface area contributed by atoms with E-state index in [-0.39, 0.29) is 17.3 Å².